The number of likely N-dealkylation sites (N-methyl/N-ethyl adjacent to an activating group) is 2. The second-order valence-electron chi connectivity index (χ2n) is 9.81. The highest BCUT2D eigenvalue weighted by atomic mass is 32.2. The first-order chi connectivity index (χ1) is 15.9. The summed E-state index contributed by atoms with van der Waals surface area (Å²) in [5.41, 5.74) is 0.667. The molecule has 1 aromatic rings. The predicted octanol–water partition coefficient (Wildman–Crippen LogP) is 1.87. The average molecular weight is 494 g/mol. The number of carbonyl (C=O) groups is 1. The number of hydrogen-bond donors (Lipinski definition) is 1. The molecule has 0 saturated heterocycles. The van der Waals surface area contributed by atoms with Crippen LogP contribution in [-0.2, 0) is 14.8 Å². The molecule has 190 valence electrons. The van der Waals surface area contributed by atoms with E-state index in [2.05, 4.69) is 25.7 Å². The van der Waals surface area contributed by atoms with Crippen LogP contribution in [0.25, 0.3) is 0 Å². The van der Waals surface area contributed by atoms with Gasteiger partial charge in [0.1, 0.15) is 16.7 Å². The van der Waals surface area contributed by atoms with Crippen molar-refractivity contribution in [3.63, 3.8) is 0 Å². The van der Waals surface area contributed by atoms with Gasteiger partial charge in [-0.1, -0.05) is 32.6 Å². The number of rotatable bonds is 7. The molecule has 0 fully saturated rings. The highest BCUT2D eigenvalue weighted by molar-refractivity contribution is 7.89. The van der Waals surface area contributed by atoms with Crippen LogP contribution in [0, 0.1) is 23.7 Å². The Morgan fingerprint density at radius 1 is 1.26 bits per heavy atom. The Morgan fingerprint density at radius 3 is 2.53 bits per heavy atom. The summed E-state index contributed by atoms with van der Waals surface area (Å²) in [5.74, 6) is 6.58. The Morgan fingerprint density at radius 2 is 1.94 bits per heavy atom. The molecule has 1 heterocycles. The first-order valence-electron chi connectivity index (χ1n) is 11.7. The fourth-order valence-corrected chi connectivity index (χ4v) is 5.47. The van der Waals surface area contributed by atoms with Gasteiger partial charge in [-0.05, 0) is 45.1 Å². The zero-order chi connectivity index (χ0) is 25.6. The molecule has 2 rings (SSSR count). The molecule has 0 aromatic heterocycles. The molecule has 1 aromatic carbocycles. The number of amides is 1. The van der Waals surface area contributed by atoms with Crippen molar-refractivity contribution in [1.82, 2.24) is 14.1 Å². The van der Waals surface area contributed by atoms with Crippen LogP contribution in [0.15, 0.2) is 23.1 Å². The summed E-state index contributed by atoms with van der Waals surface area (Å²) < 4.78 is 34.7. The third-order valence-electron chi connectivity index (χ3n) is 5.74. The summed E-state index contributed by atoms with van der Waals surface area (Å²) >= 11 is 0. The van der Waals surface area contributed by atoms with Crippen LogP contribution in [0.2, 0.25) is 0 Å². The topological polar surface area (TPSA) is 90.4 Å². The number of aliphatic hydroxyl groups excluding tert-OH is 1. The maximum atomic E-state index is 13.5. The van der Waals surface area contributed by atoms with Gasteiger partial charge in [-0.25, -0.2) is 8.42 Å². The molecule has 0 spiro atoms. The molecular formula is C25H39N3O5S. The van der Waals surface area contributed by atoms with Gasteiger partial charge in [0.25, 0.3) is 0 Å². The van der Waals surface area contributed by atoms with Gasteiger partial charge in [0, 0.05) is 37.5 Å². The van der Waals surface area contributed by atoms with E-state index in [-0.39, 0.29) is 42.2 Å². The fraction of sp³-hybridized carbons (Fsp3) is 0.640. The van der Waals surface area contributed by atoms with E-state index in [4.69, 9.17) is 4.74 Å². The zero-order valence-corrected chi connectivity index (χ0v) is 22.2. The Kier molecular flexibility index (Phi) is 9.95. The van der Waals surface area contributed by atoms with E-state index in [1.807, 2.05) is 21.0 Å². The van der Waals surface area contributed by atoms with E-state index in [9.17, 15) is 18.3 Å². The Bertz CT molecular complexity index is 1010. The Labute approximate surface area is 204 Å². The van der Waals surface area contributed by atoms with Gasteiger partial charge in [-0.2, -0.15) is 4.31 Å². The normalized spacial score (nSPS) is 21.0. The first kappa shape index (κ1) is 28.1. The van der Waals surface area contributed by atoms with Gasteiger partial charge < -0.3 is 19.6 Å². The second-order valence-corrected chi connectivity index (χ2v) is 11.7. The van der Waals surface area contributed by atoms with Crippen molar-refractivity contribution in [2.45, 2.75) is 51.2 Å². The second kappa shape index (κ2) is 12.0. The summed E-state index contributed by atoms with van der Waals surface area (Å²) in [6, 6.07) is 4.27. The number of fused-ring (bicyclic) bond motifs is 1. The molecule has 0 saturated carbocycles. The zero-order valence-electron chi connectivity index (χ0n) is 21.4. The quantitative estimate of drug-likeness (QED) is 0.584. The minimum atomic E-state index is -3.91. The maximum Gasteiger partial charge on any atom is 0.247 e. The first-order valence-corrected chi connectivity index (χ1v) is 13.1. The molecule has 1 N–H and O–H groups in total. The number of nitrogens with zero attached hydrogens (tertiary/aromatic N) is 3. The lowest BCUT2D eigenvalue weighted by Crippen LogP contribution is -2.50. The lowest BCUT2D eigenvalue weighted by atomic mass is 10.0. The fourth-order valence-electron chi connectivity index (χ4n) is 3.64. The summed E-state index contributed by atoms with van der Waals surface area (Å²) in [6.07, 6.45) is 0.286. The van der Waals surface area contributed by atoms with Crippen LogP contribution in [-0.4, -0.2) is 93.1 Å². The lowest BCUT2D eigenvalue weighted by molar-refractivity contribution is -0.132. The van der Waals surface area contributed by atoms with Crippen molar-refractivity contribution < 1.29 is 23.1 Å². The smallest absolute Gasteiger partial charge is 0.247 e. The number of benzene rings is 1. The molecule has 8 nitrogen and oxygen atoms in total. The van der Waals surface area contributed by atoms with E-state index < -0.39 is 22.2 Å². The van der Waals surface area contributed by atoms with Crippen molar-refractivity contribution in [2.24, 2.45) is 11.8 Å². The average Bonchev–Trinajstić information content (AvgIpc) is 2.74. The Balaban J connectivity index is 2.50. The summed E-state index contributed by atoms with van der Waals surface area (Å²) in [7, 11) is 1.48. The lowest BCUT2D eigenvalue weighted by Gasteiger charge is -2.37. The van der Waals surface area contributed by atoms with E-state index >= 15 is 0 Å². The third kappa shape index (κ3) is 7.19. The molecule has 1 amide bonds. The number of carbonyl (C=O) groups excluding carboxylic acids is 1. The van der Waals surface area contributed by atoms with Crippen molar-refractivity contribution in [3.05, 3.63) is 23.8 Å². The number of aliphatic hydroxyl groups is 1. The predicted molar refractivity (Wildman–Crippen MR) is 133 cm³/mol. The molecule has 0 bridgehead atoms. The van der Waals surface area contributed by atoms with Crippen LogP contribution >= 0.6 is 0 Å². The minimum absolute atomic E-state index is 0.0429. The van der Waals surface area contributed by atoms with Gasteiger partial charge >= 0.3 is 0 Å². The molecule has 34 heavy (non-hydrogen) atoms. The standard InChI is InChI=1S/C25H39N3O5S/c1-18(2)9-8-10-21-11-12-24-22(13-21)33-23(15-27(7)25(30)16-26(5)6)19(3)14-28(20(4)17-29)34(24,31)32/h11-13,18-20,23,29H,9,14-17H2,1-7H3/t19-,20+,23-/m0/s1. The van der Waals surface area contributed by atoms with Crippen LogP contribution in [0.4, 0.5) is 0 Å². The van der Waals surface area contributed by atoms with E-state index in [0.29, 0.717) is 18.0 Å². The SMILES string of the molecule is CC(C)CC#Cc1ccc2c(c1)O[C@@H](CN(C)C(=O)CN(C)C)[C@@H](C)CN([C@H](C)CO)S2(=O)=O. The molecule has 1 aliphatic heterocycles. The van der Waals surface area contributed by atoms with Crippen LogP contribution in [0.5, 0.6) is 5.75 Å². The molecule has 3 atom stereocenters. The highest BCUT2D eigenvalue weighted by Crippen LogP contribution is 2.34. The largest absolute Gasteiger partial charge is 0.487 e. The van der Waals surface area contributed by atoms with Crippen LogP contribution in [0.1, 0.15) is 39.7 Å². The van der Waals surface area contributed by atoms with Crippen LogP contribution < -0.4 is 4.74 Å². The highest BCUT2D eigenvalue weighted by Gasteiger charge is 2.38. The van der Waals surface area contributed by atoms with Crippen LogP contribution in [0.3, 0.4) is 0 Å². The van der Waals surface area contributed by atoms with Crippen molar-refractivity contribution in [2.75, 3.05) is 47.4 Å². The van der Waals surface area contributed by atoms with E-state index in [1.165, 1.54) is 10.4 Å². The van der Waals surface area contributed by atoms with Crippen molar-refractivity contribution >= 4 is 15.9 Å². The van der Waals surface area contributed by atoms with Gasteiger partial charge in [-0.3, -0.25) is 4.79 Å². The summed E-state index contributed by atoms with van der Waals surface area (Å²) in [5, 5.41) is 9.76. The van der Waals surface area contributed by atoms with Gasteiger partial charge in [0.2, 0.25) is 15.9 Å². The molecule has 9 heteroatoms. The maximum absolute atomic E-state index is 13.5. The third-order valence-corrected chi connectivity index (χ3v) is 7.76. The monoisotopic (exact) mass is 493 g/mol. The number of ether oxygens (including phenoxy) is 1. The molecule has 1 aliphatic rings. The Hall–Kier alpha value is -2.12. The molecular weight excluding hydrogens is 454 g/mol. The van der Waals surface area contributed by atoms with Gasteiger partial charge in [0.15, 0.2) is 0 Å². The van der Waals surface area contributed by atoms with E-state index in [0.717, 1.165) is 6.42 Å². The number of hydrogen-bond acceptors (Lipinski definition) is 6. The van der Waals surface area contributed by atoms with E-state index in [1.54, 1.807) is 35.9 Å². The number of sulfonamides is 1. The summed E-state index contributed by atoms with van der Waals surface area (Å²) in [4.78, 5) is 16.0. The minimum Gasteiger partial charge on any atom is -0.487 e. The summed E-state index contributed by atoms with van der Waals surface area (Å²) in [6.45, 7) is 8.19. The van der Waals surface area contributed by atoms with Gasteiger partial charge in [-0.15, -0.1) is 0 Å². The molecule has 0 radical (unpaired) electrons. The van der Waals surface area contributed by atoms with Crippen molar-refractivity contribution in [3.8, 4) is 17.6 Å². The van der Waals surface area contributed by atoms with Gasteiger partial charge in [0.05, 0.1) is 19.7 Å². The van der Waals surface area contributed by atoms with Crippen molar-refractivity contribution in [1.29, 1.82) is 0 Å². The molecule has 0 aliphatic carbocycles. The molecule has 0 unspecified atom stereocenters.